The first-order valence-corrected chi connectivity index (χ1v) is 13.9. The molecule has 3 unspecified atom stereocenters. The van der Waals surface area contributed by atoms with Crippen molar-refractivity contribution < 1.29 is 75.4 Å². The molecule has 2 aliphatic heterocycles. The zero-order valence-corrected chi connectivity index (χ0v) is 24.6. The minimum absolute atomic E-state index is 0. The molecular formula is C17H17KN4O5S5. The normalized spacial score (nSPS) is 25.3. The summed E-state index contributed by atoms with van der Waals surface area (Å²) in [5, 5.41) is 22.1. The Morgan fingerprint density at radius 1 is 1.44 bits per heavy atom. The molecule has 2 aliphatic rings. The van der Waals surface area contributed by atoms with Gasteiger partial charge in [-0.25, -0.2) is 0 Å². The maximum atomic E-state index is 13.0. The predicted molar refractivity (Wildman–Crippen MR) is 118 cm³/mol. The fourth-order valence-corrected chi connectivity index (χ4v) is 9.37. The summed E-state index contributed by atoms with van der Waals surface area (Å²) < 4.78 is 15.2. The molecule has 2 saturated heterocycles. The van der Waals surface area contributed by atoms with Gasteiger partial charge in [-0.1, -0.05) is 34.4 Å². The molecule has 9 nitrogen and oxygen atoms in total. The van der Waals surface area contributed by atoms with Crippen LogP contribution in [0.4, 0.5) is 0 Å². The zero-order valence-electron chi connectivity index (χ0n) is 17.4. The standard InChI is InChI=1S/C17H18N4O5S5.K/c1-9-18-19-16(30-9)29-8-17(15(24)25)6-20-13(23)12(14(20)28-7-17)21(10(2)22)31(26)11-4-3-5-27-11;/h3-5,12,14H,6-8H2,1-2H3,(H,24,25);/q;+1/p-1/t12?,14-,17?,31?;/m1./s1. The SMILES string of the molecule is CC(=O)N(C1C(=O)N2CC(CSc3nnc(C)s3)(C(=O)[O-])CS[C@H]12)[S+]([O-])c1cccs1.[K+]. The van der Waals surface area contributed by atoms with E-state index in [9.17, 15) is 24.0 Å². The summed E-state index contributed by atoms with van der Waals surface area (Å²) in [5.74, 6) is -1.70. The molecule has 0 N–H and O–H groups in total. The molecule has 166 valence electrons. The molecule has 0 bridgehead atoms. The van der Waals surface area contributed by atoms with Crippen LogP contribution in [-0.4, -0.2) is 71.2 Å². The molecule has 2 fully saturated rings. The van der Waals surface area contributed by atoms with Crippen molar-refractivity contribution in [1.29, 1.82) is 0 Å². The second-order valence-corrected chi connectivity index (χ2v) is 13.1. The molecule has 2 amide bonds. The minimum atomic E-state index is -1.79. The molecule has 4 heterocycles. The summed E-state index contributed by atoms with van der Waals surface area (Å²) in [6.45, 7) is 3.07. The smallest absolute Gasteiger partial charge is 0.587 e. The van der Waals surface area contributed by atoms with Gasteiger partial charge in [0.05, 0.1) is 5.97 Å². The molecule has 0 saturated carbocycles. The van der Waals surface area contributed by atoms with Crippen LogP contribution in [0.25, 0.3) is 0 Å². The summed E-state index contributed by atoms with van der Waals surface area (Å²) >= 11 is 3.38. The van der Waals surface area contributed by atoms with Gasteiger partial charge in [-0.05, 0) is 18.4 Å². The number of hydrogen-bond donors (Lipinski definition) is 0. The second kappa shape index (κ2) is 10.9. The van der Waals surface area contributed by atoms with Crippen LogP contribution in [0.2, 0.25) is 0 Å². The van der Waals surface area contributed by atoms with E-state index in [0.29, 0.717) is 8.55 Å². The van der Waals surface area contributed by atoms with Crippen LogP contribution in [0.15, 0.2) is 26.1 Å². The molecule has 4 atom stereocenters. The van der Waals surface area contributed by atoms with Crippen molar-refractivity contribution in [3.8, 4) is 0 Å². The van der Waals surface area contributed by atoms with E-state index in [2.05, 4.69) is 10.2 Å². The van der Waals surface area contributed by atoms with Crippen LogP contribution >= 0.6 is 46.2 Å². The van der Waals surface area contributed by atoms with Gasteiger partial charge in [0.25, 0.3) is 11.8 Å². The third-order valence-corrected chi connectivity index (χ3v) is 11.5. The maximum Gasteiger partial charge on any atom is 1.00 e. The van der Waals surface area contributed by atoms with E-state index in [1.165, 1.54) is 58.0 Å². The monoisotopic (exact) mass is 556 g/mol. The molecule has 15 heteroatoms. The van der Waals surface area contributed by atoms with E-state index in [1.54, 1.807) is 17.5 Å². The Morgan fingerprint density at radius 3 is 2.75 bits per heavy atom. The van der Waals surface area contributed by atoms with Crippen molar-refractivity contribution >= 4 is 75.3 Å². The first kappa shape index (κ1) is 26.9. The van der Waals surface area contributed by atoms with Crippen LogP contribution in [0.3, 0.4) is 0 Å². The average molecular weight is 557 g/mol. The van der Waals surface area contributed by atoms with Gasteiger partial charge in [-0.15, -0.1) is 26.3 Å². The Labute approximate surface area is 246 Å². The minimum Gasteiger partial charge on any atom is -0.587 e. The molecule has 0 radical (unpaired) electrons. The first-order chi connectivity index (χ1) is 14.7. The number of β-lactam (4-membered cyclic amide) rings is 1. The van der Waals surface area contributed by atoms with Gasteiger partial charge in [0.1, 0.15) is 21.7 Å². The van der Waals surface area contributed by atoms with Crippen molar-refractivity contribution in [1.82, 2.24) is 19.4 Å². The number of aryl methyl sites for hydroxylation is 1. The number of thioether (sulfide) groups is 2. The fourth-order valence-electron chi connectivity index (χ4n) is 3.37. The predicted octanol–water partition coefficient (Wildman–Crippen LogP) is -2.40. The number of carboxylic acid groups (broad SMARTS) is 1. The van der Waals surface area contributed by atoms with Crippen LogP contribution < -0.4 is 56.5 Å². The fraction of sp³-hybridized carbons (Fsp3) is 0.471. The van der Waals surface area contributed by atoms with E-state index in [4.69, 9.17) is 0 Å². The molecule has 0 spiro atoms. The Kier molecular flexibility index (Phi) is 9.19. The number of amides is 2. The van der Waals surface area contributed by atoms with Gasteiger partial charge in [-0.3, -0.25) is 9.59 Å². The number of rotatable bonds is 7. The van der Waals surface area contributed by atoms with E-state index in [0.717, 1.165) is 9.31 Å². The summed E-state index contributed by atoms with van der Waals surface area (Å²) in [5.41, 5.74) is -1.25. The number of carbonyl (C=O) groups is 3. The Morgan fingerprint density at radius 2 is 2.19 bits per heavy atom. The van der Waals surface area contributed by atoms with Crippen molar-refractivity contribution in [2.45, 2.75) is 33.8 Å². The van der Waals surface area contributed by atoms with Crippen LogP contribution in [0.1, 0.15) is 11.9 Å². The Hall–Kier alpha value is 0.316. The quantitative estimate of drug-likeness (QED) is 0.159. The zero-order chi connectivity index (χ0) is 22.3. The van der Waals surface area contributed by atoms with Gasteiger partial charge in [-0.2, -0.15) is 0 Å². The first-order valence-electron chi connectivity index (χ1n) is 9.05. The average Bonchev–Trinajstić information content (AvgIpc) is 3.41. The van der Waals surface area contributed by atoms with E-state index >= 15 is 0 Å². The van der Waals surface area contributed by atoms with Gasteiger partial charge in [0, 0.05) is 36.5 Å². The molecule has 4 rings (SSSR count). The van der Waals surface area contributed by atoms with Crippen LogP contribution in [-0.2, 0) is 25.7 Å². The molecular weight excluding hydrogens is 540 g/mol. The number of aromatic nitrogens is 2. The van der Waals surface area contributed by atoms with Crippen molar-refractivity contribution in [3.63, 3.8) is 0 Å². The molecule has 2 aromatic rings. The number of carbonyl (C=O) groups excluding carboxylic acids is 3. The Balaban J connectivity index is 0.00000289. The molecule has 0 aromatic carbocycles. The van der Waals surface area contributed by atoms with Gasteiger partial charge in [0.2, 0.25) is 4.21 Å². The molecule has 2 aromatic heterocycles. The van der Waals surface area contributed by atoms with Crippen LogP contribution in [0.5, 0.6) is 0 Å². The summed E-state index contributed by atoms with van der Waals surface area (Å²) in [6, 6.07) is 2.49. The van der Waals surface area contributed by atoms with E-state index in [1.807, 2.05) is 6.92 Å². The van der Waals surface area contributed by atoms with Gasteiger partial charge >= 0.3 is 51.4 Å². The number of fused-ring (bicyclic) bond motifs is 1. The number of aliphatic carboxylic acids is 1. The summed E-state index contributed by atoms with van der Waals surface area (Å²) in [6.07, 6.45) is 0. The van der Waals surface area contributed by atoms with Gasteiger partial charge in [0.15, 0.2) is 10.4 Å². The summed E-state index contributed by atoms with van der Waals surface area (Å²) in [7, 11) is 0. The van der Waals surface area contributed by atoms with Crippen molar-refractivity contribution in [2.75, 3.05) is 18.1 Å². The second-order valence-electron chi connectivity index (χ2n) is 7.08. The topological polar surface area (TPSA) is 130 Å². The van der Waals surface area contributed by atoms with Crippen LogP contribution in [0, 0.1) is 12.3 Å². The Bertz CT molecular complexity index is 1010. The van der Waals surface area contributed by atoms with Gasteiger partial charge < -0.3 is 19.4 Å². The maximum absolute atomic E-state index is 13.0. The number of thiophene rings is 1. The third-order valence-electron chi connectivity index (χ3n) is 4.94. The summed E-state index contributed by atoms with van der Waals surface area (Å²) in [4.78, 5) is 38.7. The largest absolute Gasteiger partial charge is 1.00 e. The van der Waals surface area contributed by atoms with E-state index < -0.39 is 46.0 Å². The molecule has 32 heavy (non-hydrogen) atoms. The van der Waals surface area contributed by atoms with E-state index in [-0.39, 0.29) is 69.4 Å². The third kappa shape index (κ3) is 5.12. The van der Waals surface area contributed by atoms with Crippen molar-refractivity contribution in [3.05, 3.63) is 22.5 Å². The number of nitrogens with zero attached hydrogens (tertiary/aromatic N) is 4. The molecule has 0 aliphatic carbocycles. The van der Waals surface area contributed by atoms with Crippen molar-refractivity contribution in [2.24, 2.45) is 5.41 Å². The number of carboxylic acids is 1. The number of hydrogen-bond acceptors (Lipinski definition) is 11.